The lowest BCUT2D eigenvalue weighted by molar-refractivity contribution is -0.143. The number of hydrogen-bond donors (Lipinski definition) is 1. The molecule has 39 heavy (non-hydrogen) atoms. The van der Waals surface area contributed by atoms with Gasteiger partial charge in [-0.2, -0.15) is 26.3 Å². The first-order valence-electron chi connectivity index (χ1n) is 12.0. The average Bonchev–Trinajstić information content (AvgIpc) is 3.71. The maximum Gasteiger partial charge on any atom is 0.420 e. The normalized spacial score (nSPS) is 15.9. The number of carbonyl (C=O) groups is 1. The summed E-state index contributed by atoms with van der Waals surface area (Å²) >= 11 is 0. The zero-order valence-corrected chi connectivity index (χ0v) is 21.5. The van der Waals surface area contributed by atoms with Crippen LogP contribution in [0.25, 0.3) is 5.57 Å². The van der Waals surface area contributed by atoms with Crippen molar-refractivity contribution in [2.45, 2.75) is 51.9 Å². The Morgan fingerprint density at radius 3 is 2.31 bits per heavy atom. The Balaban J connectivity index is 0.00000260. The fraction of sp³-hybridized carbons (Fsp3) is 0.407. The Hall–Kier alpha value is -3.75. The van der Waals surface area contributed by atoms with Crippen molar-refractivity contribution in [2.75, 3.05) is 13.6 Å². The number of aliphatic imine (C=N–C) groups is 1. The summed E-state index contributed by atoms with van der Waals surface area (Å²) in [6, 6.07) is 0.257. The number of hydrogen-bond acceptors (Lipinski definition) is 4. The molecule has 2 aliphatic carbocycles. The quantitative estimate of drug-likeness (QED) is 0.231. The molecule has 0 spiro atoms. The molecule has 0 saturated heterocycles. The minimum absolute atomic E-state index is 0.0387. The Bertz CT molecular complexity index is 1230. The van der Waals surface area contributed by atoms with Crippen LogP contribution in [0.15, 0.2) is 47.0 Å². The van der Waals surface area contributed by atoms with E-state index in [9.17, 15) is 35.5 Å². The Kier molecular flexibility index (Phi) is 10.8. The lowest BCUT2D eigenvalue weighted by Crippen LogP contribution is -2.31. The van der Waals surface area contributed by atoms with E-state index >= 15 is 0 Å². The van der Waals surface area contributed by atoms with Crippen molar-refractivity contribution in [3.8, 4) is 17.6 Å². The van der Waals surface area contributed by atoms with Gasteiger partial charge in [-0.25, -0.2) is 9.18 Å². The third-order valence-electron chi connectivity index (χ3n) is 5.47. The van der Waals surface area contributed by atoms with E-state index in [0.717, 1.165) is 36.2 Å². The third-order valence-corrected chi connectivity index (χ3v) is 5.47. The Labute approximate surface area is 221 Å². The van der Waals surface area contributed by atoms with Crippen LogP contribution in [-0.4, -0.2) is 30.8 Å². The second-order valence-electron chi connectivity index (χ2n) is 8.28. The van der Waals surface area contributed by atoms with Crippen LogP contribution in [0.2, 0.25) is 0 Å². The molecule has 0 aliphatic heterocycles. The molecule has 3 rings (SSSR count). The number of halogens is 7. The minimum atomic E-state index is -5.33. The van der Waals surface area contributed by atoms with Crippen LogP contribution in [0.5, 0.6) is 5.75 Å². The summed E-state index contributed by atoms with van der Waals surface area (Å²) < 4.78 is 101. The van der Waals surface area contributed by atoms with Crippen molar-refractivity contribution in [3.05, 3.63) is 58.7 Å². The molecule has 0 aromatic heterocycles. The largest absolute Gasteiger partial charge is 0.420 e. The van der Waals surface area contributed by atoms with E-state index in [4.69, 9.17) is 10.5 Å². The molecule has 0 bridgehead atoms. The molecule has 5 nitrogen and oxygen atoms in total. The van der Waals surface area contributed by atoms with Crippen molar-refractivity contribution in [3.63, 3.8) is 0 Å². The monoisotopic (exact) mass is 559 g/mol. The second kappa shape index (κ2) is 13.4. The summed E-state index contributed by atoms with van der Waals surface area (Å²) in [4.78, 5) is 17.5. The molecule has 12 heteroatoms. The molecule has 212 valence electrons. The first-order valence-corrected chi connectivity index (χ1v) is 12.0. The van der Waals surface area contributed by atoms with Gasteiger partial charge in [-0.3, -0.25) is 9.89 Å². The van der Waals surface area contributed by atoms with E-state index in [1.54, 1.807) is 0 Å². The SMILES string of the molecule is CC.CN(C(=O)Oc1c(/C(C=NCC#CC2CC2)=C/N)cc(C(F)(F)F)cc1C(F)(F)F)C1=CC=C(F)CC1. The van der Waals surface area contributed by atoms with Crippen LogP contribution in [0.4, 0.5) is 35.5 Å². The highest BCUT2D eigenvalue weighted by Crippen LogP contribution is 2.44. The number of nitrogens with zero attached hydrogens (tertiary/aromatic N) is 2. The van der Waals surface area contributed by atoms with Crippen LogP contribution in [0.1, 0.15) is 56.2 Å². The van der Waals surface area contributed by atoms with Gasteiger partial charge in [0.1, 0.15) is 5.83 Å². The van der Waals surface area contributed by atoms with E-state index in [0.29, 0.717) is 6.07 Å². The molecule has 0 radical (unpaired) electrons. The molecule has 2 N–H and O–H groups in total. The van der Waals surface area contributed by atoms with Gasteiger partial charge < -0.3 is 10.5 Å². The van der Waals surface area contributed by atoms with E-state index in [1.807, 2.05) is 13.8 Å². The molecular weight excluding hydrogens is 531 g/mol. The highest BCUT2D eigenvalue weighted by atomic mass is 19.4. The summed E-state index contributed by atoms with van der Waals surface area (Å²) in [6.45, 7) is 3.94. The summed E-state index contributed by atoms with van der Waals surface area (Å²) in [5, 5.41) is 0. The maximum atomic E-state index is 13.9. The molecule has 0 atom stereocenters. The molecule has 1 fully saturated rings. The van der Waals surface area contributed by atoms with E-state index in [2.05, 4.69) is 16.8 Å². The number of alkyl halides is 6. The first-order chi connectivity index (χ1) is 18.3. The standard InChI is InChI=1S/C25H22F7N3O2.C2H6/c1-35(19-8-6-18(26)7-9-19)23(36)37-22-20(16(13-33)14-34-10-2-3-15-4-5-15)11-17(24(27,28)29)12-21(22)25(30,31)32;1-2/h6,8,11-15H,4-5,7,9-10,33H2,1H3;1-2H3/b16-13+,34-14?;. The van der Waals surface area contributed by atoms with E-state index in [-0.39, 0.29) is 42.6 Å². The molecule has 1 aromatic carbocycles. The fourth-order valence-electron chi connectivity index (χ4n) is 3.29. The van der Waals surface area contributed by atoms with Gasteiger partial charge in [0, 0.05) is 48.6 Å². The van der Waals surface area contributed by atoms with Gasteiger partial charge in [-0.05, 0) is 43.5 Å². The average molecular weight is 560 g/mol. The number of benzene rings is 1. The molecule has 1 aromatic rings. The smallest absolute Gasteiger partial charge is 0.409 e. The van der Waals surface area contributed by atoms with Gasteiger partial charge in [-0.1, -0.05) is 25.7 Å². The number of ether oxygens (including phenoxy) is 1. The fourth-order valence-corrected chi connectivity index (χ4v) is 3.29. The van der Waals surface area contributed by atoms with Crippen molar-refractivity contribution >= 4 is 17.9 Å². The predicted octanol–water partition coefficient (Wildman–Crippen LogP) is 7.50. The Morgan fingerprint density at radius 2 is 1.79 bits per heavy atom. The van der Waals surface area contributed by atoms with Crippen molar-refractivity contribution in [2.24, 2.45) is 16.6 Å². The highest BCUT2D eigenvalue weighted by Gasteiger charge is 2.41. The van der Waals surface area contributed by atoms with Crippen molar-refractivity contribution in [1.82, 2.24) is 4.90 Å². The Morgan fingerprint density at radius 1 is 1.13 bits per heavy atom. The summed E-state index contributed by atoms with van der Waals surface area (Å²) in [5.41, 5.74) is 1.22. The maximum absolute atomic E-state index is 13.9. The van der Waals surface area contributed by atoms with Gasteiger partial charge in [0.05, 0.1) is 17.7 Å². The van der Waals surface area contributed by atoms with Crippen LogP contribution in [0.3, 0.4) is 0 Å². The predicted molar refractivity (Wildman–Crippen MR) is 134 cm³/mol. The number of allylic oxidation sites excluding steroid dienone is 5. The minimum Gasteiger partial charge on any atom is -0.409 e. The van der Waals surface area contributed by atoms with Gasteiger partial charge in [-0.15, -0.1) is 0 Å². The van der Waals surface area contributed by atoms with Gasteiger partial charge in [0.15, 0.2) is 5.75 Å². The van der Waals surface area contributed by atoms with E-state index < -0.39 is 46.7 Å². The van der Waals surface area contributed by atoms with Crippen LogP contribution in [0, 0.1) is 17.8 Å². The van der Waals surface area contributed by atoms with Gasteiger partial charge in [0.25, 0.3) is 0 Å². The topological polar surface area (TPSA) is 67.9 Å². The van der Waals surface area contributed by atoms with Gasteiger partial charge >= 0.3 is 18.4 Å². The lowest BCUT2D eigenvalue weighted by atomic mass is 9.98. The summed E-state index contributed by atoms with van der Waals surface area (Å²) in [6.07, 6.45) is -5.80. The number of carbonyl (C=O) groups excluding carboxylic acids is 1. The highest BCUT2D eigenvalue weighted by molar-refractivity contribution is 6.11. The zero-order chi connectivity index (χ0) is 29.4. The van der Waals surface area contributed by atoms with Crippen LogP contribution < -0.4 is 10.5 Å². The van der Waals surface area contributed by atoms with Crippen LogP contribution in [-0.2, 0) is 12.4 Å². The van der Waals surface area contributed by atoms with Crippen molar-refractivity contribution < 1.29 is 40.3 Å². The molecule has 0 heterocycles. The van der Waals surface area contributed by atoms with Crippen molar-refractivity contribution in [1.29, 1.82) is 0 Å². The first kappa shape index (κ1) is 31.5. The number of nitrogens with two attached hydrogens (primary N) is 1. The van der Waals surface area contributed by atoms with E-state index in [1.165, 1.54) is 13.1 Å². The second-order valence-corrected chi connectivity index (χ2v) is 8.28. The third kappa shape index (κ3) is 8.90. The molecular formula is C27H28F7N3O2. The van der Waals surface area contributed by atoms with Crippen LogP contribution >= 0.6 is 0 Å². The molecule has 1 amide bonds. The number of rotatable bonds is 5. The number of amides is 1. The lowest BCUT2D eigenvalue weighted by Gasteiger charge is -2.24. The summed E-state index contributed by atoms with van der Waals surface area (Å²) in [5.74, 6) is 4.30. The van der Waals surface area contributed by atoms with Gasteiger partial charge in [0.2, 0.25) is 0 Å². The molecule has 2 aliphatic rings. The molecule has 0 unspecified atom stereocenters. The summed E-state index contributed by atoms with van der Waals surface area (Å²) in [7, 11) is 1.18. The molecule has 1 saturated carbocycles. The zero-order valence-electron chi connectivity index (χ0n) is 21.5.